The number of hydrogen-bond acceptors (Lipinski definition) is 8. The smallest absolute Gasteiger partial charge is 0.315 e. The van der Waals surface area contributed by atoms with Gasteiger partial charge in [0.1, 0.15) is 6.04 Å². The molecule has 0 unspecified atom stereocenters. The van der Waals surface area contributed by atoms with Crippen LogP contribution in [0, 0.1) is 10.1 Å². The van der Waals surface area contributed by atoms with E-state index in [0.29, 0.717) is 10.8 Å². The first-order valence-corrected chi connectivity index (χ1v) is 9.35. The van der Waals surface area contributed by atoms with E-state index in [0.717, 1.165) is 17.4 Å². The van der Waals surface area contributed by atoms with E-state index in [2.05, 4.69) is 16.8 Å². The van der Waals surface area contributed by atoms with Gasteiger partial charge < -0.3 is 14.7 Å². The quantitative estimate of drug-likeness (QED) is 0.635. The Balaban J connectivity index is 1.85. The number of aromatic nitrogens is 1. The first-order chi connectivity index (χ1) is 13.0. The number of hydrogen-bond donors (Lipinski definition) is 1. The summed E-state index contributed by atoms with van der Waals surface area (Å²) in [7, 11) is 1.38. The molecule has 0 spiro atoms. The molecule has 0 bridgehead atoms. The van der Waals surface area contributed by atoms with Crippen LogP contribution in [0.1, 0.15) is 30.3 Å². The lowest BCUT2D eigenvalue weighted by Gasteiger charge is -2.27. The summed E-state index contributed by atoms with van der Waals surface area (Å²) in [6.07, 6.45) is 1.71. The van der Waals surface area contributed by atoms with Gasteiger partial charge in [0.15, 0.2) is 10.9 Å². The summed E-state index contributed by atoms with van der Waals surface area (Å²) >= 11 is 1.69. The molecule has 3 heterocycles. The van der Waals surface area contributed by atoms with Gasteiger partial charge in [-0.15, -0.1) is 0 Å². The van der Waals surface area contributed by atoms with Gasteiger partial charge in [0.2, 0.25) is 5.75 Å². The highest BCUT2D eigenvalue weighted by atomic mass is 32.2. The molecule has 4 rings (SSSR count). The Morgan fingerprint density at radius 2 is 2.22 bits per heavy atom. The standard InChI is InChI=1S/C18H18N4O4S/c1-10-9-21-16(11-7-13(22(24)25)17(23)14(8-11)26-2)15(20-18(21)27-10)12-5-3-4-6-19-12/h3-8,10,15-16,23H,9H2,1-2H3/t10-,15+,16-/m1/s1. The van der Waals surface area contributed by atoms with E-state index >= 15 is 0 Å². The monoisotopic (exact) mass is 386 g/mol. The third kappa shape index (κ3) is 2.97. The van der Waals surface area contributed by atoms with Crippen molar-refractivity contribution in [3.05, 3.63) is 57.9 Å². The third-order valence-electron chi connectivity index (χ3n) is 4.72. The van der Waals surface area contributed by atoms with E-state index < -0.39 is 10.7 Å². The number of amidine groups is 1. The number of aromatic hydroxyl groups is 1. The molecule has 27 heavy (non-hydrogen) atoms. The molecule has 9 heteroatoms. The SMILES string of the molecule is COc1cc([C@@H]2[C@H](c3ccccn3)N=C3S[C@H](C)CN32)cc([N+](=O)[O-])c1O. The van der Waals surface area contributed by atoms with E-state index in [9.17, 15) is 15.2 Å². The van der Waals surface area contributed by atoms with E-state index in [4.69, 9.17) is 9.73 Å². The lowest BCUT2D eigenvalue weighted by Crippen LogP contribution is -2.28. The molecule has 140 valence electrons. The Kier molecular flexibility index (Phi) is 4.39. The summed E-state index contributed by atoms with van der Waals surface area (Å²) in [4.78, 5) is 22.3. The molecule has 1 fully saturated rings. The van der Waals surface area contributed by atoms with Crippen LogP contribution in [0.5, 0.6) is 11.5 Å². The Morgan fingerprint density at radius 3 is 2.89 bits per heavy atom. The third-order valence-corrected chi connectivity index (χ3v) is 5.82. The summed E-state index contributed by atoms with van der Waals surface area (Å²) in [5.41, 5.74) is 1.09. The van der Waals surface area contributed by atoms with Gasteiger partial charge in [-0.2, -0.15) is 0 Å². The predicted octanol–water partition coefficient (Wildman–Crippen LogP) is 3.29. The van der Waals surface area contributed by atoms with Crippen LogP contribution in [0.3, 0.4) is 0 Å². The average Bonchev–Trinajstić information content (AvgIpc) is 3.18. The molecule has 2 aliphatic rings. The Bertz CT molecular complexity index is 921. The number of thioether (sulfide) groups is 1. The number of nitro benzene ring substituents is 1. The molecule has 2 aromatic rings. The zero-order valence-corrected chi connectivity index (χ0v) is 15.6. The molecular weight excluding hydrogens is 368 g/mol. The largest absolute Gasteiger partial charge is 0.500 e. The second kappa shape index (κ2) is 6.73. The normalized spacial score (nSPS) is 23.9. The second-order valence-electron chi connectivity index (χ2n) is 6.48. The number of phenols is 1. The fraction of sp³-hybridized carbons (Fsp3) is 0.333. The molecular formula is C18H18N4O4S. The van der Waals surface area contributed by atoms with Crippen molar-refractivity contribution in [3.63, 3.8) is 0 Å². The number of aliphatic imine (C=N–C) groups is 1. The molecule has 0 amide bonds. The molecule has 1 aromatic carbocycles. The topological polar surface area (TPSA) is 101 Å². The summed E-state index contributed by atoms with van der Waals surface area (Å²) in [5.74, 6) is -0.392. The van der Waals surface area contributed by atoms with Crippen molar-refractivity contribution in [3.8, 4) is 11.5 Å². The van der Waals surface area contributed by atoms with E-state index in [-0.39, 0.29) is 23.5 Å². The van der Waals surface area contributed by atoms with Crippen molar-refractivity contribution in [1.82, 2.24) is 9.88 Å². The minimum Gasteiger partial charge on any atom is -0.500 e. The molecule has 0 aliphatic carbocycles. The molecule has 8 nitrogen and oxygen atoms in total. The Hall–Kier alpha value is -2.81. The summed E-state index contributed by atoms with van der Waals surface area (Å²) in [5, 5.41) is 22.8. The zero-order valence-electron chi connectivity index (χ0n) is 14.8. The van der Waals surface area contributed by atoms with Gasteiger partial charge >= 0.3 is 5.69 Å². The van der Waals surface area contributed by atoms with Crippen molar-refractivity contribution in [2.45, 2.75) is 24.3 Å². The highest BCUT2D eigenvalue weighted by molar-refractivity contribution is 8.14. The number of nitrogens with zero attached hydrogens (tertiary/aromatic N) is 4. The molecule has 2 aliphatic heterocycles. The van der Waals surface area contributed by atoms with Crippen LogP contribution < -0.4 is 4.74 Å². The lowest BCUT2D eigenvalue weighted by molar-refractivity contribution is -0.386. The van der Waals surface area contributed by atoms with Crippen molar-refractivity contribution >= 4 is 22.6 Å². The highest BCUT2D eigenvalue weighted by Gasteiger charge is 2.44. The van der Waals surface area contributed by atoms with Crippen LogP contribution in [-0.4, -0.2) is 44.0 Å². The Labute approximate surface area is 160 Å². The summed E-state index contributed by atoms with van der Waals surface area (Å²) in [6.45, 7) is 2.91. The maximum absolute atomic E-state index is 11.4. The van der Waals surface area contributed by atoms with Gasteiger partial charge in [0.05, 0.1) is 23.8 Å². The van der Waals surface area contributed by atoms with E-state index in [1.165, 1.54) is 13.2 Å². The number of pyridine rings is 1. The average molecular weight is 386 g/mol. The fourth-order valence-corrected chi connectivity index (χ4v) is 4.65. The van der Waals surface area contributed by atoms with Crippen LogP contribution in [0.4, 0.5) is 5.69 Å². The maximum Gasteiger partial charge on any atom is 0.315 e. The second-order valence-corrected chi connectivity index (χ2v) is 7.89. The number of fused-ring (bicyclic) bond motifs is 1. The molecule has 0 radical (unpaired) electrons. The maximum atomic E-state index is 11.4. The molecule has 1 saturated heterocycles. The highest BCUT2D eigenvalue weighted by Crippen LogP contribution is 2.50. The van der Waals surface area contributed by atoms with Gasteiger partial charge in [-0.1, -0.05) is 24.8 Å². The first-order valence-electron chi connectivity index (χ1n) is 8.47. The minimum absolute atomic E-state index is 0.0762. The number of benzene rings is 1. The molecule has 0 saturated carbocycles. The number of nitro groups is 1. The van der Waals surface area contributed by atoms with Crippen LogP contribution in [0.25, 0.3) is 0 Å². The van der Waals surface area contributed by atoms with Gasteiger partial charge in [-0.05, 0) is 23.8 Å². The van der Waals surface area contributed by atoms with Gasteiger partial charge in [-0.25, -0.2) is 0 Å². The predicted molar refractivity (Wildman–Crippen MR) is 102 cm³/mol. The number of rotatable bonds is 4. The zero-order chi connectivity index (χ0) is 19.1. The van der Waals surface area contributed by atoms with Crippen molar-refractivity contribution in [2.75, 3.05) is 13.7 Å². The van der Waals surface area contributed by atoms with Crippen LogP contribution in [0.2, 0.25) is 0 Å². The van der Waals surface area contributed by atoms with Gasteiger partial charge in [0.25, 0.3) is 0 Å². The summed E-state index contributed by atoms with van der Waals surface area (Å²) in [6, 6.07) is 8.17. The number of ether oxygens (including phenoxy) is 1. The van der Waals surface area contributed by atoms with Crippen LogP contribution in [-0.2, 0) is 0 Å². The number of methoxy groups -OCH3 is 1. The molecule has 1 aromatic heterocycles. The van der Waals surface area contributed by atoms with Crippen LogP contribution >= 0.6 is 11.8 Å². The first kappa shape index (κ1) is 17.6. The lowest BCUT2D eigenvalue weighted by atomic mass is 9.95. The van der Waals surface area contributed by atoms with E-state index in [1.807, 2.05) is 18.2 Å². The molecule has 1 N–H and O–H groups in total. The van der Waals surface area contributed by atoms with Crippen molar-refractivity contribution < 1.29 is 14.8 Å². The van der Waals surface area contributed by atoms with Crippen molar-refractivity contribution in [2.24, 2.45) is 4.99 Å². The Morgan fingerprint density at radius 1 is 1.41 bits per heavy atom. The van der Waals surface area contributed by atoms with Gasteiger partial charge in [-0.3, -0.25) is 20.1 Å². The fourth-order valence-electron chi connectivity index (χ4n) is 3.56. The number of phenolic OH excluding ortho intramolecular Hbond substituents is 1. The summed E-state index contributed by atoms with van der Waals surface area (Å²) < 4.78 is 5.18. The van der Waals surface area contributed by atoms with Gasteiger partial charge in [0, 0.05) is 24.1 Å². The van der Waals surface area contributed by atoms with Crippen molar-refractivity contribution in [1.29, 1.82) is 0 Å². The van der Waals surface area contributed by atoms with E-state index in [1.54, 1.807) is 24.0 Å². The minimum atomic E-state index is -0.602. The van der Waals surface area contributed by atoms with Crippen LogP contribution in [0.15, 0.2) is 41.5 Å². The molecule has 3 atom stereocenters.